The van der Waals surface area contributed by atoms with Crippen molar-refractivity contribution in [1.82, 2.24) is 9.88 Å². The van der Waals surface area contributed by atoms with Gasteiger partial charge in [-0.1, -0.05) is 6.07 Å². The summed E-state index contributed by atoms with van der Waals surface area (Å²) < 4.78 is 6.74. The van der Waals surface area contributed by atoms with Crippen molar-refractivity contribution in [3.05, 3.63) is 30.5 Å². The topological polar surface area (TPSA) is 72.4 Å². The summed E-state index contributed by atoms with van der Waals surface area (Å²) in [5, 5.41) is 6.48. The molecule has 0 aliphatic heterocycles. The third kappa shape index (κ3) is 3.82. The van der Waals surface area contributed by atoms with Crippen LogP contribution in [0.25, 0.3) is 10.9 Å². The van der Waals surface area contributed by atoms with E-state index in [0.29, 0.717) is 13.2 Å². The van der Waals surface area contributed by atoms with Crippen molar-refractivity contribution in [2.45, 2.75) is 13.5 Å². The average molecular weight is 289 g/mol. The summed E-state index contributed by atoms with van der Waals surface area (Å²) in [6.07, 6.45) is 1.84. The second-order valence-electron chi connectivity index (χ2n) is 4.71. The Labute approximate surface area is 123 Å². The first kappa shape index (κ1) is 15.1. The van der Waals surface area contributed by atoms with Gasteiger partial charge in [-0.15, -0.1) is 0 Å². The summed E-state index contributed by atoms with van der Waals surface area (Å²) in [6, 6.07) is 7.51. The Bertz CT molecular complexity index is 649. The van der Waals surface area contributed by atoms with Crippen molar-refractivity contribution in [2.75, 3.05) is 25.6 Å². The van der Waals surface area contributed by atoms with Gasteiger partial charge in [-0.3, -0.25) is 9.59 Å². The van der Waals surface area contributed by atoms with Gasteiger partial charge in [0, 0.05) is 32.2 Å². The molecular weight excluding hydrogens is 270 g/mol. The number of rotatable bonds is 6. The fraction of sp³-hybridized carbons (Fsp3) is 0.333. The van der Waals surface area contributed by atoms with Crippen molar-refractivity contribution in [1.29, 1.82) is 0 Å². The normalized spacial score (nSPS) is 10.6. The van der Waals surface area contributed by atoms with Crippen LogP contribution in [0.2, 0.25) is 0 Å². The lowest BCUT2D eigenvalue weighted by Gasteiger charge is -2.08. The summed E-state index contributed by atoms with van der Waals surface area (Å²) in [7, 11) is 1.59. The molecule has 0 spiro atoms. The number of hydrogen-bond acceptors (Lipinski definition) is 3. The van der Waals surface area contributed by atoms with Crippen LogP contribution < -0.4 is 10.6 Å². The molecule has 1 aromatic heterocycles. The van der Waals surface area contributed by atoms with E-state index in [1.165, 1.54) is 6.92 Å². The lowest BCUT2D eigenvalue weighted by molar-refractivity contribution is -0.121. The molecule has 6 heteroatoms. The van der Waals surface area contributed by atoms with Crippen LogP contribution in [-0.4, -0.2) is 36.6 Å². The number of methoxy groups -OCH3 is 1. The molecule has 21 heavy (non-hydrogen) atoms. The maximum absolute atomic E-state index is 11.8. The highest BCUT2D eigenvalue weighted by atomic mass is 16.5. The molecule has 2 aromatic rings. The van der Waals surface area contributed by atoms with Crippen LogP contribution in [0.4, 0.5) is 5.69 Å². The van der Waals surface area contributed by atoms with Gasteiger partial charge in [0.25, 0.3) is 0 Å². The van der Waals surface area contributed by atoms with Crippen molar-refractivity contribution < 1.29 is 14.3 Å². The number of hydrogen-bond donors (Lipinski definition) is 2. The van der Waals surface area contributed by atoms with Crippen molar-refractivity contribution in [3.63, 3.8) is 0 Å². The summed E-state index contributed by atoms with van der Waals surface area (Å²) in [5.74, 6) is -0.193. The van der Waals surface area contributed by atoms with Gasteiger partial charge in [0.1, 0.15) is 6.54 Å². The number of amides is 2. The Kier molecular flexibility index (Phi) is 4.94. The lowest BCUT2D eigenvalue weighted by atomic mass is 10.2. The zero-order chi connectivity index (χ0) is 15.2. The minimum absolute atomic E-state index is 0.0746. The molecule has 112 valence electrons. The molecule has 0 radical (unpaired) electrons. The molecular formula is C15H19N3O3. The molecule has 0 aliphatic carbocycles. The van der Waals surface area contributed by atoms with E-state index in [4.69, 9.17) is 4.74 Å². The van der Waals surface area contributed by atoms with E-state index in [0.717, 1.165) is 16.6 Å². The van der Waals surface area contributed by atoms with Crippen LogP contribution in [-0.2, 0) is 20.9 Å². The molecule has 2 N–H and O–H groups in total. The Balaban J connectivity index is 2.14. The highest BCUT2D eigenvalue weighted by Crippen LogP contribution is 2.24. The predicted octanol–water partition coefficient (Wildman–Crippen LogP) is 1.36. The van der Waals surface area contributed by atoms with Gasteiger partial charge in [0.2, 0.25) is 11.8 Å². The van der Waals surface area contributed by atoms with Crippen LogP contribution in [0.1, 0.15) is 6.92 Å². The minimum atomic E-state index is -0.118. The van der Waals surface area contributed by atoms with Crippen LogP contribution in [0.5, 0.6) is 0 Å². The first-order valence-corrected chi connectivity index (χ1v) is 6.73. The van der Waals surface area contributed by atoms with Crippen LogP contribution in [0.3, 0.4) is 0 Å². The second kappa shape index (κ2) is 6.90. The maximum atomic E-state index is 11.8. The van der Waals surface area contributed by atoms with Crippen LogP contribution >= 0.6 is 0 Å². The minimum Gasteiger partial charge on any atom is -0.383 e. The number of nitrogens with zero attached hydrogens (tertiary/aromatic N) is 1. The Morgan fingerprint density at radius 2 is 2.10 bits per heavy atom. The number of anilines is 1. The van der Waals surface area contributed by atoms with E-state index in [1.54, 1.807) is 7.11 Å². The Morgan fingerprint density at radius 1 is 1.29 bits per heavy atom. The molecule has 0 bridgehead atoms. The SMILES string of the molecule is COCCNC(=O)Cn1ccc2c(NC(C)=O)cccc21. The number of nitrogens with one attached hydrogen (secondary N) is 2. The molecule has 1 heterocycles. The van der Waals surface area contributed by atoms with Gasteiger partial charge in [-0.05, 0) is 18.2 Å². The van der Waals surface area contributed by atoms with Crippen molar-refractivity contribution in [2.24, 2.45) is 0 Å². The zero-order valence-corrected chi connectivity index (χ0v) is 12.2. The highest BCUT2D eigenvalue weighted by molar-refractivity contribution is 6.01. The lowest BCUT2D eigenvalue weighted by Crippen LogP contribution is -2.30. The summed E-state index contributed by atoms with van der Waals surface area (Å²) in [4.78, 5) is 23.0. The van der Waals surface area contributed by atoms with E-state index < -0.39 is 0 Å². The number of fused-ring (bicyclic) bond motifs is 1. The van der Waals surface area contributed by atoms with Crippen molar-refractivity contribution in [3.8, 4) is 0 Å². The molecule has 0 fully saturated rings. The first-order chi connectivity index (χ1) is 10.1. The molecule has 6 nitrogen and oxygen atoms in total. The van der Waals surface area contributed by atoms with Gasteiger partial charge in [0.05, 0.1) is 17.8 Å². The number of aromatic nitrogens is 1. The van der Waals surface area contributed by atoms with E-state index in [9.17, 15) is 9.59 Å². The maximum Gasteiger partial charge on any atom is 0.240 e. The van der Waals surface area contributed by atoms with Gasteiger partial charge in [-0.2, -0.15) is 0 Å². The third-order valence-corrected chi connectivity index (χ3v) is 3.07. The fourth-order valence-electron chi connectivity index (χ4n) is 2.16. The van der Waals surface area contributed by atoms with E-state index in [2.05, 4.69) is 10.6 Å². The molecule has 1 aromatic carbocycles. The second-order valence-corrected chi connectivity index (χ2v) is 4.71. The summed E-state index contributed by atoms with van der Waals surface area (Å²) in [5.41, 5.74) is 1.65. The molecule has 0 saturated heterocycles. The number of carbonyl (C=O) groups is 2. The van der Waals surface area contributed by atoms with Crippen LogP contribution in [0.15, 0.2) is 30.5 Å². The van der Waals surface area contributed by atoms with Crippen molar-refractivity contribution >= 4 is 28.4 Å². The van der Waals surface area contributed by atoms with Gasteiger partial charge < -0.3 is 19.9 Å². The van der Waals surface area contributed by atoms with E-state index >= 15 is 0 Å². The molecule has 0 atom stereocenters. The van der Waals surface area contributed by atoms with Gasteiger partial charge >= 0.3 is 0 Å². The monoisotopic (exact) mass is 289 g/mol. The molecule has 0 saturated carbocycles. The number of ether oxygens (including phenoxy) is 1. The highest BCUT2D eigenvalue weighted by Gasteiger charge is 2.09. The first-order valence-electron chi connectivity index (χ1n) is 6.73. The molecule has 2 amide bonds. The summed E-state index contributed by atoms with van der Waals surface area (Å²) >= 11 is 0. The standard InChI is InChI=1S/C15H19N3O3/c1-11(19)17-13-4-3-5-14-12(13)6-8-18(14)10-15(20)16-7-9-21-2/h3-6,8H,7,9-10H2,1-2H3,(H,16,20)(H,17,19). The largest absolute Gasteiger partial charge is 0.383 e. The van der Waals surface area contributed by atoms with Gasteiger partial charge in [-0.25, -0.2) is 0 Å². The molecule has 2 rings (SSSR count). The fourth-order valence-corrected chi connectivity index (χ4v) is 2.16. The summed E-state index contributed by atoms with van der Waals surface area (Å²) in [6.45, 7) is 2.69. The third-order valence-electron chi connectivity index (χ3n) is 3.07. The van der Waals surface area contributed by atoms with Crippen LogP contribution in [0, 0.1) is 0 Å². The van der Waals surface area contributed by atoms with E-state index in [-0.39, 0.29) is 18.4 Å². The smallest absolute Gasteiger partial charge is 0.240 e. The molecule has 0 aliphatic rings. The Hall–Kier alpha value is -2.34. The van der Waals surface area contributed by atoms with E-state index in [1.807, 2.05) is 35.0 Å². The van der Waals surface area contributed by atoms with Gasteiger partial charge in [0.15, 0.2) is 0 Å². The number of carbonyl (C=O) groups excluding carboxylic acids is 2. The quantitative estimate of drug-likeness (QED) is 0.789. The zero-order valence-electron chi connectivity index (χ0n) is 12.2. The Morgan fingerprint density at radius 3 is 2.81 bits per heavy atom. The predicted molar refractivity (Wildman–Crippen MR) is 81.1 cm³/mol. The molecule has 0 unspecified atom stereocenters. The average Bonchev–Trinajstić information content (AvgIpc) is 2.83. The number of benzene rings is 1.